The van der Waals surface area contributed by atoms with Gasteiger partial charge in [0.05, 0.1) is 34.0 Å². The predicted octanol–water partition coefficient (Wildman–Crippen LogP) is 4.63. The number of hydrogen-bond acceptors (Lipinski definition) is 6. The number of anilines is 1. The molecule has 0 radical (unpaired) electrons. The Bertz CT molecular complexity index is 1590. The SMILES string of the molecule is Cc1cccc(-n2c([C@H](C)Nc3ncnc4[nH]cnc34)nc3ccc(F)c(Cl)c3c2=O)c1C. The summed E-state index contributed by atoms with van der Waals surface area (Å²) in [6.45, 7) is 5.75. The number of halogens is 2. The fourth-order valence-electron chi connectivity index (χ4n) is 3.87. The minimum Gasteiger partial charge on any atom is -0.358 e. The Kier molecular flexibility index (Phi) is 5.05. The topological polar surface area (TPSA) is 101 Å². The summed E-state index contributed by atoms with van der Waals surface area (Å²) in [5.41, 5.74) is 3.56. The molecular formula is C23H19ClFN7O. The van der Waals surface area contributed by atoms with Crippen molar-refractivity contribution in [3.05, 3.63) is 81.1 Å². The molecule has 10 heteroatoms. The molecule has 8 nitrogen and oxygen atoms in total. The molecule has 0 bridgehead atoms. The van der Waals surface area contributed by atoms with Crippen molar-refractivity contribution in [3.8, 4) is 5.69 Å². The molecule has 5 aromatic rings. The largest absolute Gasteiger partial charge is 0.358 e. The van der Waals surface area contributed by atoms with Crippen LogP contribution >= 0.6 is 11.6 Å². The van der Waals surface area contributed by atoms with Crippen LogP contribution in [-0.4, -0.2) is 29.5 Å². The smallest absolute Gasteiger partial charge is 0.267 e. The number of nitrogens with zero attached hydrogens (tertiary/aromatic N) is 5. The molecule has 0 aliphatic heterocycles. The van der Waals surface area contributed by atoms with Crippen LogP contribution in [0.2, 0.25) is 5.02 Å². The van der Waals surface area contributed by atoms with Crippen LogP contribution < -0.4 is 10.9 Å². The maximum Gasteiger partial charge on any atom is 0.267 e. The molecule has 0 saturated heterocycles. The highest BCUT2D eigenvalue weighted by Crippen LogP contribution is 2.28. The number of hydrogen-bond donors (Lipinski definition) is 2. The lowest BCUT2D eigenvalue weighted by Crippen LogP contribution is -2.28. The van der Waals surface area contributed by atoms with Gasteiger partial charge in [-0.1, -0.05) is 23.7 Å². The molecule has 2 N–H and O–H groups in total. The van der Waals surface area contributed by atoms with Crippen LogP contribution in [0.1, 0.15) is 29.9 Å². The van der Waals surface area contributed by atoms with E-state index in [9.17, 15) is 9.18 Å². The number of aromatic amines is 1. The molecule has 3 heterocycles. The average Bonchev–Trinajstić information content (AvgIpc) is 3.28. The van der Waals surface area contributed by atoms with Crippen molar-refractivity contribution in [1.29, 1.82) is 0 Å². The molecule has 2 aromatic carbocycles. The zero-order valence-electron chi connectivity index (χ0n) is 18.0. The highest BCUT2D eigenvalue weighted by Gasteiger charge is 2.23. The van der Waals surface area contributed by atoms with E-state index in [1.807, 2.05) is 39.0 Å². The first-order valence-corrected chi connectivity index (χ1v) is 10.6. The van der Waals surface area contributed by atoms with E-state index in [0.717, 1.165) is 11.1 Å². The normalized spacial score (nSPS) is 12.4. The monoisotopic (exact) mass is 463 g/mol. The Morgan fingerprint density at radius 2 is 1.97 bits per heavy atom. The number of rotatable bonds is 4. The van der Waals surface area contributed by atoms with E-state index in [4.69, 9.17) is 16.6 Å². The third-order valence-electron chi connectivity index (χ3n) is 5.73. The minimum absolute atomic E-state index is 0.0326. The quantitative estimate of drug-likeness (QED) is 0.403. The van der Waals surface area contributed by atoms with Gasteiger partial charge in [0.1, 0.15) is 23.5 Å². The van der Waals surface area contributed by atoms with Gasteiger partial charge in [0, 0.05) is 0 Å². The van der Waals surface area contributed by atoms with Crippen LogP contribution in [0, 0.1) is 19.7 Å². The Balaban J connectivity index is 1.77. The summed E-state index contributed by atoms with van der Waals surface area (Å²) in [5, 5.41) is 3.07. The van der Waals surface area contributed by atoms with Crippen molar-refractivity contribution in [1.82, 2.24) is 29.5 Å². The molecular weight excluding hydrogens is 445 g/mol. The second-order valence-corrected chi connectivity index (χ2v) is 8.15. The van der Waals surface area contributed by atoms with E-state index in [1.54, 1.807) is 0 Å². The van der Waals surface area contributed by atoms with Crippen molar-refractivity contribution in [2.75, 3.05) is 5.32 Å². The van der Waals surface area contributed by atoms with Gasteiger partial charge in [-0.25, -0.2) is 24.3 Å². The number of aryl methyl sites for hydroxylation is 1. The number of fused-ring (bicyclic) bond motifs is 2. The predicted molar refractivity (Wildman–Crippen MR) is 126 cm³/mol. The molecule has 0 saturated carbocycles. The molecule has 0 aliphatic rings. The maximum absolute atomic E-state index is 14.2. The Labute approximate surface area is 192 Å². The summed E-state index contributed by atoms with van der Waals surface area (Å²) in [6.07, 6.45) is 2.95. The first-order valence-electron chi connectivity index (χ1n) is 10.2. The molecule has 5 rings (SSSR count). The van der Waals surface area contributed by atoms with Gasteiger partial charge in [-0.05, 0) is 50.1 Å². The minimum atomic E-state index is -0.670. The second kappa shape index (κ2) is 7.93. The van der Waals surface area contributed by atoms with Crippen molar-refractivity contribution >= 4 is 39.5 Å². The third-order valence-corrected chi connectivity index (χ3v) is 6.10. The zero-order chi connectivity index (χ0) is 23.3. The fraction of sp³-hybridized carbons (Fsp3) is 0.174. The van der Waals surface area contributed by atoms with E-state index in [-0.39, 0.29) is 10.4 Å². The van der Waals surface area contributed by atoms with Gasteiger partial charge in [-0.15, -0.1) is 0 Å². The van der Waals surface area contributed by atoms with Crippen molar-refractivity contribution in [2.45, 2.75) is 26.8 Å². The summed E-state index contributed by atoms with van der Waals surface area (Å²) in [6, 6.07) is 7.84. The van der Waals surface area contributed by atoms with Crippen molar-refractivity contribution in [3.63, 3.8) is 0 Å². The molecule has 166 valence electrons. The van der Waals surface area contributed by atoms with Crippen LogP contribution in [0.4, 0.5) is 10.2 Å². The van der Waals surface area contributed by atoms with Gasteiger partial charge in [0.2, 0.25) is 0 Å². The number of imidazole rings is 1. The summed E-state index contributed by atoms with van der Waals surface area (Å²) >= 11 is 6.20. The number of aromatic nitrogens is 6. The fourth-order valence-corrected chi connectivity index (χ4v) is 4.11. The van der Waals surface area contributed by atoms with Gasteiger partial charge in [-0.2, -0.15) is 0 Å². The highest BCUT2D eigenvalue weighted by atomic mass is 35.5. The van der Waals surface area contributed by atoms with E-state index < -0.39 is 17.4 Å². The van der Waals surface area contributed by atoms with Crippen molar-refractivity contribution < 1.29 is 4.39 Å². The Morgan fingerprint density at radius 1 is 1.15 bits per heavy atom. The molecule has 3 aromatic heterocycles. The van der Waals surface area contributed by atoms with Crippen LogP contribution in [0.25, 0.3) is 27.8 Å². The molecule has 0 unspecified atom stereocenters. The average molecular weight is 464 g/mol. The first kappa shape index (κ1) is 21.0. The maximum atomic E-state index is 14.2. The van der Waals surface area contributed by atoms with E-state index in [0.29, 0.717) is 34.0 Å². The van der Waals surface area contributed by atoms with Gasteiger partial charge in [-0.3, -0.25) is 9.36 Å². The lowest BCUT2D eigenvalue weighted by atomic mass is 10.1. The molecule has 0 aliphatic carbocycles. The molecule has 33 heavy (non-hydrogen) atoms. The molecule has 1 atom stereocenters. The standard InChI is InChI=1S/C23H19ClFN7O/c1-11-5-4-6-16(12(11)2)32-22(31-15-8-7-14(25)18(24)17(15)23(32)33)13(3)30-21-19-20(27-9-26-19)28-10-29-21/h4-10,13H,1-3H3,(H2,26,27,28,29,30)/t13-/m0/s1. The first-order chi connectivity index (χ1) is 15.9. The zero-order valence-corrected chi connectivity index (χ0v) is 18.8. The lowest BCUT2D eigenvalue weighted by molar-refractivity contribution is 0.629. The van der Waals surface area contributed by atoms with Crippen molar-refractivity contribution in [2.24, 2.45) is 0 Å². The number of nitrogens with one attached hydrogen (secondary N) is 2. The summed E-state index contributed by atoms with van der Waals surface area (Å²) in [4.78, 5) is 34.1. The molecule has 0 spiro atoms. The van der Waals surface area contributed by atoms with Gasteiger partial charge < -0.3 is 10.3 Å². The van der Waals surface area contributed by atoms with Crippen LogP contribution in [0.3, 0.4) is 0 Å². The third kappa shape index (κ3) is 3.41. The molecule has 0 amide bonds. The van der Waals surface area contributed by atoms with Crippen LogP contribution in [-0.2, 0) is 0 Å². The van der Waals surface area contributed by atoms with E-state index >= 15 is 0 Å². The number of benzene rings is 2. The Morgan fingerprint density at radius 3 is 2.79 bits per heavy atom. The number of H-pyrrole nitrogens is 1. The van der Waals surface area contributed by atoms with E-state index in [1.165, 1.54) is 29.4 Å². The van der Waals surface area contributed by atoms with E-state index in [2.05, 4.69) is 25.3 Å². The van der Waals surface area contributed by atoms with Crippen LogP contribution in [0.5, 0.6) is 0 Å². The van der Waals surface area contributed by atoms with Gasteiger partial charge >= 0.3 is 0 Å². The van der Waals surface area contributed by atoms with Gasteiger partial charge in [0.15, 0.2) is 11.5 Å². The molecule has 0 fully saturated rings. The Hall–Kier alpha value is -3.85. The van der Waals surface area contributed by atoms with Gasteiger partial charge in [0.25, 0.3) is 5.56 Å². The highest BCUT2D eigenvalue weighted by molar-refractivity contribution is 6.35. The lowest BCUT2D eigenvalue weighted by Gasteiger charge is -2.22. The summed E-state index contributed by atoms with van der Waals surface area (Å²) in [7, 11) is 0. The summed E-state index contributed by atoms with van der Waals surface area (Å²) in [5.74, 6) is 0.246. The summed E-state index contributed by atoms with van der Waals surface area (Å²) < 4.78 is 15.7. The van der Waals surface area contributed by atoms with Crippen LogP contribution in [0.15, 0.2) is 47.8 Å². The second-order valence-electron chi connectivity index (χ2n) is 7.77.